The molecule has 0 aliphatic carbocycles. The maximum atomic E-state index is 11.9. The van der Waals surface area contributed by atoms with Crippen molar-refractivity contribution in [3.63, 3.8) is 0 Å². The van der Waals surface area contributed by atoms with Crippen LogP contribution < -0.4 is 5.32 Å². The molecule has 0 spiro atoms. The lowest BCUT2D eigenvalue weighted by Gasteiger charge is -2.13. The Bertz CT molecular complexity index is 741. The van der Waals surface area contributed by atoms with Gasteiger partial charge in [-0.05, 0) is 18.1 Å². The second-order valence-corrected chi connectivity index (χ2v) is 7.42. The molecular formula is C14H18N4O3S. The van der Waals surface area contributed by atoms with Gasteiger partial charge in [-0.15, -0.1) is 0 Å². The van der Waals surface area contributed by atoms with Gasteiger partial charge in [-0.2, -0.15) is 5.10 Å². The van der Waals surface area contributed by atoms with Crippen molar-refractivity contribution in [2.45, 2.75) is 25.3 Å². The molecule has 0 aliphatic rings. The third-order valence-corrected chi connectivity index (χ3v) is 4.88. The molecule has 0 aliphatic heterocycles. The largest absolute Gasteiger partial charge is 0.351 e. The fraction of sp³-hybridized carbons (Fsp3) is 0.357. The summed E-state index contributed by atoms with van der Waals surface area (Å²) in [4.78, 5) is 15.8. The molecule has 1 amide bonds. The Balaban J connectivity index is 2.06. The van der Waals surface area contributed by atoms with Gasteiger partial charge in [0.1, 0.15) is 17.9 Å². The molecule has 1 aromatic carbocycles. The maximum Gasteiger partial charge on any atom is 0.238 e. The topological polar surface area (TPSA) is 93.9 Å². The quantitative estimate of drug-likeness (QED) is 0.829. The van der Waals surface area contributed by atoms with E-state index in [9.17, 15) is 13.2 Å². The zero-order valence-electron chi connectivity index (χ0n) is 12.4. The van der Waals surface area contributed by atoms with E-state index in [1.165, 1.54) is 13.3 Å². The number of hydrogen-bond donors (Lipinski definition) is 1. The van der Waals surface area contributed by atoms with Gasteiger partial charge in [0.2, 0.25) is 5.91 Å². The van der Waals surface area contributed by atoms with Crippen molar-refractivity contribution in [2.24, 2.45) is 0 Å². The number of nitrogens with zero attached hydrogens (tertiary/aromatic N) is 3. The summed E-state index contributed by atoms with van der Waals surface area (Å²) in [5, 5.41) is 5.65. The van der Waals surface area contributed by atoms with E-state index in [1.54, 1.807) is 11.0 Å². The Morgan fingerprint density at radius 2 is 2.00 bits per heavy atom. The van der Waals surface area contributed by atoms with Crippen LogP contribution >= 0.6 is 0 Å². The predicted molar refractivity (Wildman–Crippen MR) is 81.7 cm³/mol. The highest BCUT2D eigenvalue weighted by molar-refractivity contribution is 7.92. The fourth-order valence-corrected chi connectivity index (χ4v) is 2.37. The smallest absolute Gasteiger partial charge is 0.238 e. The molecule has 0 fully saturated rings. The third-order valence-electron chi connectivity index (χ3n) is 3.38. The molecule has 2 aromatic rings. The number of benzene rings is 1. The number of carbonyl (C=O) groups excluding carboxylic acids is 1. The zero-order valence-corrected chi connectivity index (χ0v) is 13.2. The number of amides is 1. The first-order valence-electron chi connectivity index (χ1n) is 6.73. The normalized spacial score (nSPS) is 12.8. The summed E-state index contributed by atoms with van der Waals surface area (Å²) < 4.78 is 24.4. The van der Waals surface area contributed by atoms with Crippen LogP contribution in [0.2, 0.25) is 0 Å². The number of carbonyl (C=O) groups is 1. The maximum absolute atomic E-state index is 11.9. The third kappa shape index (κ3) is 4.14. The molecule has 0 unspecified atom stereocenters. The van der Waals surface area contributed by atoms with Crippen LogP contribution in [-0.2, 0) is 27.7 Å². The lowest BCUT2D eigenvalue weighted by Crippen LogP contribution is -2.37. The average Bonchev–Trinajstić information content (AvgIpc) is 2.97. The summed E-state index contributed by atoms with van der Waals surface area (Å²) in [6.07, 6.45) is 4.12. The molecule has 22 heavy (non-hydrogen) atoms. The van der Waals surface area contributed by atoms with Crippen LogP contribution in [0.25, 0.3) is 0 Å². The number of hydrogen-bond acceptors (Lipinski definition) is 5. The minimum absolute atomic E-state index is 0.267. The van der Waals surface area contributed by atoms with E-state index in [4.69, 9.17) is 0 Å². The van der Waals surface area contributed by atoms with E-state index in [0.717, 1.165) is 17.4 Å². The van der Waals surface area contributed by atoms with Gasteiger partial charge in [-0.3, -0.25) is 4.79 Å². The van der Waals surface area contributed by atoms with Crippen molar-refractivity contribution in [1.82, 2.24) is 20.1 Å². The van der Waals surface area contributed by atoms with Crippen LogP contribution in [0.1, 0.15) is 18.1 Å². The van der Waals surface area contributed by atoms with Crippen LogP contribution in [-0.4, -0.2) is 40.6 Å². The Hall–Kier alpha value is -2.22. The van der Waals surface area contributed by atoms with Crippen LogP contribution in [0.3, 0.4) is 0 Å². The van der Waals surface area contributed by atoms with E-state index in [0.29, 0.717) is 6.54 Å². The van der Waals surface area contributed by atoms with Crippen molar-refractivity contribution in [2.75, 3.05) is 6.26 Å². The number of sulfone groups is 1. The first kappa shape index (κ1) is 16.2. The van der Waals surface area contributed by atoms with Gasteiger partial charge in [-0.25, -0.2) is 18.1 Å². The molecule has 8 heteroatoms. The van der Waals surface area contributed by atoms with E-state index in [1.807, 2.05) is 24.3 Å². The van der Waals surface area contributed by atoms with Crippen LogP contribution in [0, 0.1) is 0 Å². The summed E-state index contributed by atoms with van der Waals surface area (Å²) in [6, 6.07) is 7.59. The Kier molecular flexibility index (Phi) is 4.92. The highest BCUT2D eigenvalue weighted by Gasteiger charge is 2.23. The lowest BCUT2D eigenvalue weighted by atomic mass is 10.1. The number of nitrogens with one attached hydrogen (secondary N) is 1. The van der Waals surface area contributed by atoms with Gasteiger partial charge in [0.15, 0.2) is 9.84 Å². The van der Waals surface area contributed by atoms with Gasteiger partial charge in [0, 0.05) is 12.8 Å². The van der Waals surface area contributed by atoms with Gasteiger partial charge < -0.3 is 5.32 Å². The molecule has 1 atom stereocenters. The van der Waals surface area contributed by atoms with Crippen LogP contribution in [0.4, 0.5) is 0 Å². The fourth-order valence-electron chi connectivity index (χ4n) is 1.89. The highest BCUT2D eigenvalue weighted by atomic mass is 32.2. The Morgan fingerprint density at radius 1 is 1.32 bits per heavy atom. The van der Waals surface area contributed by atoms with Crippen molar-refractivity contribution in [3.8, 4) is 0 Å². The van der Waals surface area contributed by atoms with Gasteiger partial charge in [0.25, 0.3) is 0 Å². The standard InChI is InChI=1S/C14H18N4O3S/c1-11(22(2,20)21)14(19)16-7-12-5-3-4-6-13(12)8-18-10-15-9-17-18/h3-6,9-11H,7-8H2,1-2H3,(H,16,19)/t11-/m0/s1. The molecule has 0 bridgehead atoms. The Morgan fingerprint density at radius 3 is 2.59 bits per heavy atom. The molecule has 7 nitrogen and oxygen atoms in total. The monoisotopic (exact) mass is 322 g/mol. The summed E-state index contributed by atoms with van der Waals surface area (Å²) in [5.41, 5.74) is 1.90. The van der Waals surface area contributed by atoms with E-state index >= 15 is 0 Å². The van der Waals surface area contributed by atoms with Crippen molar-refractivity contribution in [1.29, 1.82) is 0 Å². The molecule has 0 saturated heterocycles. The minimum atomic E-state index is -3.39. The molecule has 1 heterocycles. The predicted octanol–water partition coefficient (Wildman–Crippen LogP) is 0.376. The zero-order chi connectivity index (χ0) is 16.2. The summed E-state index contributed by atoms with van der Waals surface area (Å²) in [6.45, 7) is 2.18. The number of rotatable bonds is 6. The van der Waals surface area contributed by atoms with E-state index in [-0.39, 0.29) is 6.54 Å². The highest BCUT2D eigenvalue weighted by Crippen LogP contribution is 2.10. The SMILES string of the molecule is C[C@@H](C(=O)NCc1ccccc1Cn1cncn1)S(C)(=O)=O. The summed E-state index contributed by atoms with van der Waals surface area (Å²) >= 11 is 0. The van der Waals surface area contributed by atoms with E-state index in [2.05, 4.69) is 15.4 Å². The Labute approximate surface area is 129 Å². The first-order valence-corrected chi connectivity index (χ1v) is 8.69. The molecule has 1 N–H and O–H groups in total. The second-order valence-electron chi connectivity index (χ2n) is 5.05. The van der Waals surface area contributed by atoms with Gasteiger partial charge in [-0.1, -0.05) is 24.3 Å². The minimum Gasteiger partial charge on any atom is -0.351 e. The summed E-state index contributed by atoms with van der Waals surface area (Å²) in [5.74, 6) is -0.502. The average molecular weight is 322 g/mol. The molecule has 118 valence electrons. The van der Waals surface area contributed by atoms with Crippen LogP contribution in [0.15, 0.2) is 36.9 Å². The van der Waals surface area contributed by atoms with Gasteiger partial charge in [0.05, 0.1) is 6.54 Å². The first-order chi connectivity index (χ1) is 10.4. The van der Waals surface area contributed by atoms with Crippen molar-refractivity contribution in [3.05, 3.63) is 48.0 Å². The molecule has 0 saturated carbocycles. The van der Waals surface area contributed by atoms with Crippen LogP contribution in [0.5, 0.6) is 0 Å². The molecule has 0 radical (unpaired) electrons. The summed E-state index contributed by atoms with van der Waals surface area (Å²) in [7, 11) is -3.39. The van der Waals surface area contributed by atoms with Crippen molar-refractivity contribution < 1.29 is 13.2 Å². The molecule has 2 rings (SSSR count). The van der Waals surface area contributed by atoms with Crippen molar-refractivity contribution >= 4 is 15.7 Å². The van der Waals surface area contributed by atoms with E-state index < -0.39 is 21.0 Å². The van der Waals surface area contributed by atoms with Gasteiger partial charge >= 0.3 is 0 Å². The molecular weight excluding hydrogens is 304 g/mol. The number of aromatic nitrogens is 3. The molecule has 1 aromatic heterocycles. The second kappa shape index (κ2) is 6.69. The lowest BCUT2D eigenvalue weighted by molar-refractivity contribution is -0.120.